The van der Waals surface area contributed by atoms with Gasteiger partial charge in [-0.2, -0.15) is 0 Å². The van der Waals surface area contributed by atoms with Gasteiger partial charge in [0.2, 0.25) is 0 Å². The van der Waals surface area contributed by atoms with Crippen LogP contribution in [-0.4, -0.2) is 28.2 Å². The van der Waals surface area contributed by atoms with Gasteiger partial charge in [0.1, 0.15) is 5.78 Å². The lowest BCUT2D eigenvalue weighted by molar-refractivity contribution is -0.173. The van der Waals surface area contributed by atoms with Gasteiger partial charge in [-0.15, -0.1) is 0 Å². The van der Waals surface area contributed by atoms with Crippen molar-refractivity contribution in [2.75, 3.05) is 0 Å². The lowest BCUT2D eigenvalue weighted by Crippen LogP contribution is -2.59. The van der Waals surface area contributed by atoms with Crippen LogP contribution < -0.4 is 0 Å². The molecular formula is C25H42O3. The third-order valence-corrected chi connectivity index (χ3v) is 10.1. The third-order valence-electron chi connectivity index (χ3n) is 10.1. The van der Waals surface area contributed by atoms with E-state index >= 15 is 0 Å². The molecule has 0 spiro atoms. The van der Waals surface area contributed by atoms with E-state index in [2.05, 4.69) is 34.6 Å². The fourth-order valence-electron chi connectivity index (χ4n) is 8.95. The first-order chi connectivity index (χ1) is 13.1. The number of fused-ring (bicyclic) bond motifs is 5. The summed E-state index contributed by atoms with van der Waals surface area (Å²) in [5.41, 5.74) is 0.257. The summed E-state index contributed by atoms with van der Waals surface area (Å²) >= 11 is 0. The van der Waals surface area contributed by atoms with Crippen LogP contribution in [0.15, 0.2) is 0 Å². The highest BCUT2D eigenvalue weighted by Crippen LogP contribution is 2.67. The fourth-order valence-corrected chi connectivity index (χ4v) is 8.95. The normalized spacial score (nSPS) is 52.1. The van der Waals surface area contributed by atoms with E-state index < -0.39 is 12.2 Å². The topological polar surface area (TPSA) is 57.5 Å². The second-order valence-electron chi connectivity index (χ2n) is 12.0. The Morgan fingerprint density at radius 3 is 2.36 bits per heavy atom. The predicted molar refractivity (Wildman–Crippen MR) is 112 cm³/mol. The molecule has 2 N–H and O–H groups in total. The predicted octanol–water partition coefficient (Wildman–Crippen LogP) is 4.84. The van der Waals surface area contributed by atoms with Crippen molar-refractivity contribution in [2.45, 2.75) is 98.2 Å². The minimum absolute atomic E-state index is 0.0476. The van der Waals surface area contributed by atoms with Gasteiger partial charge < -0.3 is 10.2 Å². The summed E-state index contributed by atoms with van der Waals surface area (Å²) in [6.07, 6.45) is 6.80. The maximum absolute atomic E-state index is 13.2. The molecule has 3 nitrogen and oxygen atoms in total. The Hall–Kier alpha value is -0.410. The summed E-state index contributed by atoms with van der Waals surface area (Å²) in [5.74, 6) is 4.32. The van der Waals surface area contributed by atoms with Crippen LogP contribution in [0.1, 0.15) is 86.0 Å². The molecule has 4 fully saturated rings. The first-order valence-electron chi connectivity index (χ1n) is 12.0. The zero-order chi connectivity index (χ0) is 20.4. The van der Waals surface area contributed by atoms with E-state index in [1.807, 2.05) is 0 Å². The van der Waals surface area contributed by atoms with Gasteiger partial charge in [0.25, 0.3) is 0 Å². The molecule has 1 unspecified atom stereocenters. The van der Waals surface area contributed by atoms with Gasteiger partial charge in [-0.3, -0.25) is 4.79 Å². The molecule has 0 saturated heterocycles. The Balaban J connectivity index is 1.60. The van der Waals surface area contributed by atoms with E-state index in [1.165, 1.54) is 32.1 Å². The van der Waals surface area contributed by atoms with Crippen LogP contribution in [-0.2, 0) is 4.79 Å². The summed E-state index contributed by atoms with van der Waals surface area (Å²) in [6, 6.07) is 0. The molecule has 0 heterocycles. The molecule has 0 aromatic carbocycles. The molecule has 160 valence electrons. The molecule has 0 amide bonds. The number of ketones is 1. The fraction of sp³-hybridized carbons (Fsp3) is 0.960. The first-order valence-corrected chi connectivity index (χ1v) is 12.0. The summed E-state index contributed by atoms with van der Waals surface area (Å²) < 4.78 is 0. The number of aliphatic hydroxyl groups excluding tert-OH is 2. The minimum Gasteiger partial charge on any atom is -0.390 e. The van der Waals surface area contributed by atoms with Crippen molar-refractivity contribution in [3.8, 4) is 0 Å². The van der Waals surface area contributed by atoms with Crippen molar-refractivity contribution in [3.05, 3.63) is 0 Å². The highest BCUT2D eigenvalue weighted by atomic mass is 16.3. The molecule has 4 saturated carbocycles. The van der Waals surface area contributed by atoms with Crippen molar-refractivity contribution < 1.29 is 15.0 Å². The van der Waals surface area contributed by atoms with E-state index in [-0.39, 0.29) is 11.3 Å². The smallest absolute Gasteiger partial charge is 0.136 e. The molecule has 4 aliphatic rings. The van der Waals surface area contributed by atoms with Gasteiger partial charge >= 0.3 is 0 Å². The van der Waals surface area contributed by atoms with Gasteiger partial charge in [-0.25, -0.2) is 0 Å². The molecule has 0 bridgehead atoms. The monoisotopic (exact) mass is 390 g/mol. The lowest BCUT2D eigenvalue weighted by Gasteiger charge is -2.61. The molecule has 0 aromatic rings. The first kappa shape index (κ1) is 20.8. The average Bonchev–Trinajstić information content (AvgIpc) is 2.94. The van der Waals surface area contributed by atoms with E-state index in [1.54, 1.807) is 0 Å². The van der Waals surface area contributed by atoms with Gasteiger partial charge in [0, 0.05) is 12.3 Å². The standard InChI is InChI=1S/C25H42O3/c1-14(2)10-15(3)17-6-7-18-16-11-21(26)20-12-22(27)23(28)13-25(20,5)19(16)8-9-24(17,18)4/h14-20,22-23,27-28H,6-13H2,1-5H3/t15?,16-,17+,18-,19-,20+,22-,23+,24+,25+/m0/s1. The molecule has 28 heavy (non-hydrogen) atoms. The second kappa shape index (κ2) is 7.08. The van der Waals surface area contributed by atoms with E-state index in [9.17, 15) is 15.0 Å². The number of hydrogen-bond acceptors (Lipinski definition) is 3. The highest BCUT2D eigenvalue weighted by Gasteiger charge is 2.63. The van der Waals surface area contributed by atoms with Crippen LogP contribution in [0.4, 0.5) is 0 Å². The molecule has 4 aliphatic carbocycles. The van der Waals surface area contributed by atoms with Crippen LogP contribution in [0.5, 0.6) is 0 Å². The zero-order valence-electron chi connectivity index (χ0n) is 18.7. The van der Waals surface area contributed by atoms with Gasteiger partial charge in [0.05, 0.1) is 12.2 Å². The number of carbonyl (C=O) groups is 1. The minimum atomic E-state index is -0.722. The van der Waals surface area contributed by atoms with Crippen LogP contribution in [0.3, 0.4) is 0 Å². The van der Waals surface area contributed by atoms with Crippen LogP contribution in [0.2, 0.25) is 0 Å². The third kappa shape index (κ3) is 3.02. The quantitative estimate of drug-likeness (QED) is 0.725. The van der Waals surface area contributed by atoms with Gasteiger partial charge in [-0.05, 0) is 91.3 Å². The Labute approximate surface area is 171 Å². The second-order valence-corrected chi connectivity index (χ2v) is 12.0. The molecule has 0 radical (unpaired) electrons. The van der Waals surface area contributed by atoms with Gasteiger partial charge in [-0.1, -0.05) is 34.6 Å². The molecule has 0 aromatic heterocycles. The Morgan fingerprint density at radius 1 is 1.00 bits per heavy atom. The Bertz CT molecular complexity index is 615. The molecule has 4 rings (SSSR count). The summed E-state index contributed by atoms with van der Waals surface area (Å²) in [7, 11) is 0. The molecule has 10 atom stereocenters. The van der Waals surface area contributed by atoms with E-state index in [0.29, 0.717) is 41.8 Å². The largest absolute Gasteiger partial charge is 0.390 e. The molecular weight excluding hydrogens is 348 g/mol. The summed E-state index contributed by atoms with van der Waals surface area (Å²) in [4.78, 5) is 13.2. The summed E-state index contributed by atoms with van der Waals surface area (Å²) in [5, 5.41) is 20.6. The van der Waals surface area contributed by atoms with Crippen molar-refractivity contribution in [1.29, 1.82) is 0 Å². The molecule has 3 heteroatoms. The maximum atomic E-state index is 13.2. The number of rotatable bonds is 3. The SMILES string of the molecule is CC(C)CC(C)[C@H]1CC[C@H]2[C@@H]3CC(=O)[C@H]4C[C@H](O)[C@H](O)C[C@]4(C)[C@H]3CC[C@]12C. The maximum Gasteiger partial charge on any atom is 0.136 e. The van der Waals surface area contributed by atoms with Crippen molar-refractivity contribution in [1.82, 2.24) is 0 Å². The van der Waals surface area contributed by atoms with Crippen LogP contribution in [0.25, 0.3) is 0 Å². The lowest BCUT2D eigenvalue weighted by atomic mass is 9.44. The zero-order valence-corrected chi connectivity index (χ0v) is 18.7. The number of Topliss-reactive ketones (excluding diaryl/α,β-unsaturated/α-hetero) is 1. The summed E-state index contributed by atoms with van der Waals surface area (Å²) in [6.45, 7) is 11.9. The van der Waals surface area contributed by atoms with Gasteiger partial charge in [0.15, 0.2) is 0 Å². The Morgan fingerprint density at radius 2 is 1.68 bits per heavy atom. The van der Waals surface area contributed by atoms with E-state index in [0.717, 1.165) is 24.2 Å². The molecule has 0 aliphatic heterocycles. The Kier molecular flexibility index (Phi) is 5.27. The van der Waals surface area contributed by atoms with Crippen LogP contribution in [0, 0.1) is 52.3 Å². The van der Waals surface area contributed by atoms with Crippen molar-refractivity contribution in [2.24, 2.45) is 52.3 Å². The highest BCUT2D eigenvalue weighted by molar-refractivity contribution is 5.83. The van der Waals surface area contributed by atoms with Crippen molar-refractivity contribution >= 4 is 5.78 Å². The van der Waals surface area contributed by atoms with Crippen molar-refractivity contribution in [3.63, 3.8) is 0 Å². The van der Waals surface area contributed by atoms with E-state index in [4.69, 9.17) is 0 Å². The number of carbonyl (C=O) groups excluding carboxylic acids is 1. The van der Waals surface area contributed by atoms with Crippen LogP contribution >= 0.6 is 0 Å². The number of aliphatic hydroxyl groups is 2. The number of hydrogen-bond donors (Lipinski definition) is 2. The average molecular weight is 391 g/mol.